The van der Waals surface area contributed by atoms with E-state index in [1.807, 2.05) is 11.3 Å². The number of thiophene rings is 1. The number of aryl methyl sites for hydroxylation is 2. The smallest absolute Gasteiger partial charge is 0.225 e. The Morgan fingerprint density at radius 1 is 1.05 bits per heavy atom. The third-order valence-corrected chi connectivity index (χ3v) is 5.45. The van der Waals surface area contributed by atoms with Crippen molar-refractivity contribution in [3.05, 3.63) is 48.3 Å². The number of benzene rings is 1. The maximum Gasteiger partial charge on any atom is 0.225 e. The van der Waals surface area contributed by atoms with Gasteiger partial charge in [-0.15, -0.1) is 11.3 Å². The van der Waals surface area contributed by atoms with Crippen molar-refractivity contribution in [1.29, 1.82) is 0 Å². The Morgan fingerprint density at radius 2 is 1.95 bits per heavy atom. The van der Waals surface area contributed by atoms with Gasteiger partial charge in [0.1, 0.15) is 7.05 Å². The molecule has 0 radical (unpaired) electrons. The first-order valence-corrected chi connectivity index (χ1v) is 7.60. The summed E-state index contributed by atoms with van der Waals surface area (Å²) in [7, 11) is 2.15. The predicted octanol–water partition coefficient (Wildman–Crippen LogP) is 4.03. The molecule has 0 aliphatic heterocycles. The molecule has 1 aromatic carbocycles. The van der Waals surface area contributed by atoms with Crippen LogP contribution in [0, 0.1) is 6.92 Å². The van der Waals surface area contributed by atoms with Crippen molar-refractivity contribution in [2.24, 2.45) is 7.05 Å². The summed E-state index contributed by atoms with van der Waals surface area (Å²) in [6.45, 7) is 2.20. The summed E-state index contributed by atoms with van der Waals surface area (Å²) in [5, 5.41) is 2.77. The molecule has 3 heteroatoms. The Labute approximate surface area is 119 Å². The van der Waals surface area contributed by atoms with Crippen LogP contribution in [-0.2, 0) is 7.05 Å². The van der Waals surface area contributed by atoms with E-state index in [1.54, 1.807) is 0 Å². The molecule has 0 amide bonds. The standard InChI is InChI=1S/C17H13N2S/c1-10-4-3-5-11-14(10)17-15-12(6-8-18(17)2)20-13-7-9-19(11)16(13)15/h3-9H,1-2H3/q+1. The van der Waals surface area contributed by atoms with Gasteiger partial charge in [0.2, 0.25) is 5.52 Å². The highest BCUT2D eigenvalue weighted by Gasteiger charge is 2.22. The summed E-state index contributed by atoms with van der Waals surface area (Å²) in [6.07, 6.45) is 4.38. The van der Waals surface area contributed by atoms with Crippen LogP contribution in [0.4, 0.5) is 0 Å². The second-order valence-corrected chi connectivity index (χ2v) is 6.57. The van der Waals surface area contributed by atoms with Gasteiger partial charge in [0.05, 0.1) is 26.5 Å². The van der Waals surface area contributed by atoms with Gasteiger partial charge in [0, 0.05) is 17.0 Å². The van der Waals surface area contributed by atoms with Crippen molar-refractivity contribution < 1.29 is 4.57 Å². The van der Waals surface area contributed by atoms with Crippen LogP contribution >= 0.6 is 11.3 Å². The lowest BCUT2D eigenvalue weighted by Gasteiger charge is -2.08. The van der Waals surface area contributed by atoms with Gasteiger partial charge < -0.3 is 4.40 Å². The second kappa shape index (κ2) is 3.30. The molecule has 5 aromatic rings. The van der Waals surface area contributed by atoms with E-state index in [0.29, 0.717) is 0 Å². The zero-order valence-electron chi connectivity index (χ0n) is 11.3. The Hall–Kier alpha value is -2.13. The minimum Gasteiger partial charge on any atom is -0.314 e. The fraction of sp³-hybridized carbons (Fsp3) is 0.118. The molecule has 0 N–H and O–H groups in total. The highest BCUT2D eigenvalue weighted by Crippen LogP contribution is 2.40. The van der Waals surface area contributed by atoms with Crippen LogP contribution in [0.1, 0.15) is 5.56 Å². The summed E-state index contributed by atoms with van der Waals surface area (Å²) >= 11 is 1.89. The molecule has 2 nitrogen and oxygen atoms in total. The monoisotopic (exact) mass is 277 g/mol. The van der Waals surface area contributed by atoms with E-state index >= 15 is 0 Å². The molecule has 0 saturated carbocycles. The summed E-state index contributed by atoms with van der Waals surface area (Å²) in [5.74, 6) is 0. The summed E-state index contributed by atoms with van der Waals surface area (Å²) < 4.78 is 7.37. The number of rotatable bonds is 0. The quantitative estimate of drug-likeness (QED) is 0.298. The van der Waals surface area contributed by atoms with Crippen LogP contribution in [0.15, 0.2) is 42.7 Å². The summed E-state index contributed by atoms with van der Waals surface area (Å²) in [4.78, 5) is 0. The van der Waals surface area contributed by atoms with Crippen molar-refractivity contribution in [3.63, 3.8) is 0 Å². The highest BCUT2D eigenvalue weighted by molar-refractivity contribution is 7.26. The lowest BCUT2D eigenvalue weighted by atomic mass is 10.0. The number of fused-ring (bicyclic) bond motifs is 3. The van der Waals surface area contributed by atoms with Crippen molar-refractivity contribution in [1.82, 2.24) is 4.40 Å². The molecule has 0 atom stereocenters. The van der Waals surface area contributed by atoms with Crippen LogP contribution in [0.2, 0.25) is 0 Å². The Balaban J connectivity index is 2.35. The first-order valence-electron chi connectivity index (χ1n) is 6.78. The molecule has 0 unspecified atom stereocenters. The molecule has 0 bridgehead atoms. The Bertz CT molecular complexity index is 1110. The molecule has 0 saturated heterocycles. The maximum atomic E-state index is 2.35. The highest BCUT2D eigenvalue weighted by atomic mass is 32.1. The van der Waals surface area contributed by atoms with Crippen molar-refractivity contribution in [2.75, 3.05) is 0 Å². The molecule has 0 aliphatic carbocycles. The van der Waals surface area contributed by atoms with Gasteiger partial charge in [0.15, 0.2) is 6.20 Å². The van der Waals surface area contributed by atoms with Crippen LogP contribution in [-0.4, -0.2) is 4.40 Å². The van der Waals surface area contributed by atoms with Crippen molar-refractivity contribution >= 4 is 48.1 Å². The van der Waals surface area contributed by atoms with E-state index in [9.17, 15) is 0 Å². The third kappa shape index (κ3) is 1.05. The van der Waals surface area contributed by atoms with Crippen LogP contribution in [0.5, 0.6) is 0 Å². The van der Waals surface area contributed by atoms with E-state index in [4.69, 9.17) is 0 Å². The molecule has 0 aliphatic rings. The Kier molecular flexibility index (Phi) is 1.76. The van der Waals surface area contributed by atoms with Gasteiger partial charge in [-0.3, -0.25) is 0 Å². The van der Waals surface area contributed by atoms with Crippen LogP contribution in [0.25, 0.3) is 36.7 Å². The lowest BCUT2D eigenvalue weighted by Crippen LogP contribution is -2.28. The normalized spacial score (nSPS) is 12.5. The molecule has 5 rings (SSSR count). The minimum atomic E-state index is 1.30. The molecule has 96 valence electrons. The van der Waals surface area contributed by atoms with Gasteiger partial charge in [-0.2, -0.15) is 0 Å². The number of hydrogen-bond acceptors (Lipinski definition) is 1. The first-order chi connectivity index (χ1) is 9.75. The van der Waals surface area contributed by atoms with Crippen molar-refractivity contribution in [3.8, 4) is 0 Å². The van der Waals surface area contributed by atoms with E-state index in [1.165, 1.54) is 42.3 Å². The minimum absolute atomic E-state index is 1.30. The molecular formula is C17H13N2S+. The summed E-state index contributed by atoms with van der Waals surface area (Å²) in [6, 6.07) is 11.0. The largest absolute Gasteiger partial charge is 0.314 e. The zero-order valence-corrected chi connectivity index (χ0v) is 12.2. The van der Waals surface area contributed by atoms with E-state index < -0.39 is 0 Å². The molecule has 0 spiro atoms. The van der Waals surface area contributed by atoms with Crippen molar-refractivity contribution in [2.45, 2.75) is 6.92 Å². The average molecular weight is 277 g/mol. The first kappa shape index (κ1) is 10.6. The zero-order chi connectivity index (χ0) is 13.4. The van der Waals surface area contributed by atoms with Gasteiger partial charge in [-0.05, 0) is 24.6 Å². The molecule has 20 heavy (non-hydrogen) atoms. The van der Waals surface area contributed by atoms with E-state index in [2.05, 4.69) is 65.7 Å². The van der Waals surface area contributed by atoms with E-state index in [0.717, 1.165) is 0 Å². The average Bonchev–Trinajstić information content (AvgIpc) is 3.00. The SMILES string of the molecule is Cc1cccc2c1c1c3c(cc[n+]1C)sc1ccn2c13. The summed E-state index contributed by atoms with van der Waals surface area (Å²) in [5.41, 5.74) is 5.36. The Morgan fingerprint density at radius 3 is 2.85 bits per heavy atom. The van der Waals surface area contributed by atoms with Gasteiger partial charge in [-0.1, -0.05) is 12.1 Å². The fourth-order valence-corrected chi connectivity index (χ4v) is 4.55. The number of hydrogen-bond donors (Lipinski definition) is 0. The van der Waals surface area contributed by atoms with E-state index in [-0.39, 0.29) is 0 Å². The second-order valence-electron chi connectivity index (χ2n) is 5.48. The molecular weight excluding hydrogens is 264 g/mol. The van der Waals surface area contributed by atoms with Gasteiger partial charge in [0.25, 0.3) is 0 Å². The molecule has 0 fully saturated rings. The number of pyridine rings is 2. The molecule has 4 heterocycles. The molecule has 4 aromatic heterocycles. The maximum absolute atomic E-state index is 2.35. The van der Waals surface area contributed by atoms with Crippen LogP contribution < -0.4 is 4.57 Å². The lowest BCUT2D eigenvalue weighted by molar-refractivity contribution is -0.643. The predicted molar refractivity (Wildman–Crippen MR) is 84.9 cm³/mol. The number of nitrogens with zero attached hydrogens (tertiary/aromatic N) is 2. The van der Waals surface area contributed by atoms with Crippen LogP contribution in [0.3, 0.4) is 0 Å². The topological polar surface area (TPSA) is 8.29 Å². The third-order valence-electron chi connectivity index (χ3n) is 4.34. The fourth-order valence-electron chi connectivity index (χ4n) is 3.47. The van der Waals surface area contributed by atoms with Gasteiger partial charge >= 0.3 is 0 Å². The van der Waals surface area contributed by atoms with Gasteiger partial charge in [-0.25, -0.2) is 4.57 Å². The number of aromatic nitrogens is 2.